The van der Waals surface area contributed by atoms with E-state index in [2.05, 4.69) is 10.1 Å². The third-order valence-electron chi connectivity index (χ3n) is 3.11. The van der Waals surface area contributed by atoms with E-state index in [-0.39, 0.29) is 30.0 Å². The quantitative estimate of drug-likeness (QED) is 0.183. The van der Waals surface area contributed by atoms with E-state index in [1.165, 1.54) is 27.5 Å². The second-order valence-electron chi connectivity index (χ2n) is 4.58. The Labute approximate surface area is 134 Å². The molecule has 0 unspecified atom stereocenters. The number of esters is 1. The number of rotatable bonds is 8. The highest BCUT2D eigenvalue weighted by Gasteiger charge is 2.24. The van der Waals surface area contributed by atoms with Crippen LogP contribution in [0, 0.1) is 6.92 Å². The minimum Gasteiger partial charge on any atom is -0.496 e. The first-order chi connectivity index (χ1) is 11.0. The molecule has 0 aliphatic heterocycles. The Kier molecular flexibility index (Phi) is 7.08. The molecule has 1 aromatic carbocycles. The zero-order valence-electron chi connectivity index (χ0n) is 13.6. The van der Waals surface area contributed by atoms with Crippen molar-refractivity contribution in [2.24, 2.45) is 0 Å². The maximum atomic E-state index is 12.7. The van der Waals surface area contributed by atoms with Gasteiger partial charge in [-0.3, -0.25) is 4.79 Å². The maximum absolute atomic E-state index is 12.7. The molecule has 0 saturated heterocycles. The summed E-state index contributed by atoms with van der Waals surface area (Å²) in [6.45, 7) is 1.84. The second-order valence-corrected chi connectivity index (χ2v) is 4.58. The summed E-state index contributed by atoms with van der Waals surface area (Å²) in [5.74, 6) is -0.476. The van der Waals surface area contributed by atoms with E-state index >= 15 is 0 Å². The van der Waals surface area contributed by atoms with Crippen molar-refractivity contribution in [1.29, 1.82) is 0 Å². The number of Topliss-reactive ketones (excluding diaryl/α,β-unsaturated/α-hetero) is 1. The number of hydrogen-bond donors (Lipinski definition) is 2. The molecule has 0 heterocycles. The first-order valence-electron chi connectivity index (χ1n) is 6.90. The lowest BCUT2D eigenvalue weighted by Gasteiger charge is -2.13. The molecule has 0 spiro atoms. The van der Waals surface area contributed by atoms with Crippen LogP contribution in [0.3, 0.4) is 0 Å². The van der Waals surface area contributed by atoms with E-state index in [1.54, 1.807) is 19.1 Å². The number of carbonyl (C=O) groups excluding carboxylic acids is 2. The molecule has 0 saturated carbocycles. The van der Waals surface area contributed by atoms with Crippen molar-refractivity contribution in [3.63, 3.8) is 0 Å². The van der Waals surface area contributed by atoms with E-state index in [9.17, 15) is 9.59 Å². The number of nitrogens with one attached hydrogen (secondary N) is 1. The summed E-state index contributed by atoms with van der Waals surface area (Å²) in [5.41, 5.74) is 0.751. The van der Waals surface area contributed by atoms with Gasteiger partial charge < -0.3 is 24.6 Å². The number of hydrogen-bond acceptors (Lipinski definition) is 7. The molecule has 126 valence electrons. The number of benzene rings is 1. The molecule has 0 amide bonds. The summed E-state index contributed by atoms with van der Waals surface area (Å²) in [5, 5.41) is 11.5. The normalized spacial score (nSPS) is 10.9. The van der Waals surface area contributed by atoms with Crippen LogP contribution in [0.1, 0.15) is 15.9 Å². The Morgan fingerprint density at radius 2 is 1.83 bits per heavy atom. The number of ketones is 1. The summed E-state index contributed by atoms with van der Waals surface area (Å²) in [6, 6.07) is 3.17. The highest BCUT2D eigenvalue weighted by Crippen LogP contribution is 2.30. The summed E-state index contributed by atoms with van der Waals surface area (Å²) in [7, 11) is 4.13. The minimum atomic E-state index is -0.782. The predicted octanol–water partition coefficient (Wildman–Crippen LogP) is 0.834. The topological polar surface area (TPSA) is 94.1 Å². The number of aliphatic hydroxyl groups excluding tert-OH is 1. The monoisotopic (exact) mass is 323 g/mol. The zero-order valence-corrected chi connectivity index (χ0v) is 13.6. The average Bonchev–Trinajstić information content (AvgIpc) is 2.57. The predicted molar refractivity (Wildman–Crippen MR) is 83.8 cm³/mol. The second kappa shape index (κ2) is 8.79. The number of aliphatic hydroxyl groups is 1. The van der Waals surface area contributed by atoms with Gasteiger partial charge in [0.1, 0.15) is 17.1 Å². The molecule has 2 N–H and O–H groups in total. The van der Waals surface area contributed by atoms with Gasteiger partial charge in [-0.25, -0.2) is 4.79 Å². The molecule has 23 heavy (non-hydrogen) atoms. The van der Waals surface area contributed by atoms with Crippen LogP contribution in [0.4, 0.5) is 0 Å². The van der Waals surface area contributed by atoms with Gasteiger partial charge >= 0.3 is 5.97 Å². The van der Waals surface area contributed by atoms with Crippen LogP contribution < -0.4 is 14.8 Å². The molecular formula is C16H21NO6. The first kappa shape index (κ1) is 18.5. The highest BCUT2D eigenvalue weighted by atomic mass is 16.5. The molecule has 0 aromatic heterocycles. The summed E-state index contributed by atoms with van der Waals surface area (Å²) in [4.78, 5) is 24.5. The van der Waals surface area contributed by atoms with Crippen molar-refractivity contribution in [1.82, 2.24) is 5.32 Å². The van der Waals surface area contributed by atoms with Gasteiger partial charge in [0.05, 0.1) is 33.5 Å². The fraction of sp³-hybridized carbons (Fsp3) is 0.375. The van der Waals surface area contributed by atoms with Crippen molar-refractivity contribution in [2.75, 3.05) is 34.5 Å². The summed E-state index contributed by atoms with van der Waals surface area (Å²) >= 11 is 0. The molecule has 0 atom stereocenters. The lowest BCUT2D eigenvalue weighted by Crippen LogP contribution is -2.20. The van der Waals surface area contributed by atoms with Crippen LogP contribution in [0.25, 0.3) is 0 Å². The minimum absolute atomic E-state index is 0.135. The molecule has 0 bridgehead atoms. The van der Waals surface area contributed by atoms with E-state index in [1.807, 2.05) is 0 Å². The lowest BCUT2D eigenvalue weighted by molar-refractivity contribution is -0.135. The molecule has 1 aromatic rings. The molecule has 0 fully saturated rings. The van der Waals surface area contributed by atoms with Crippen molar-refractivity contribution in [3.05, 3.63) is 35.0 Å². The fourth-order valence-electron chi connectivity index (χ4n) is 1.95. The average molecular weight is 323 g/mol. The van der Waals surface area contributed by atoms with E-state index in [4.69, 9.17) is 14.6 Å². The number of carbonyl (C=O) groups is 2. The van der Waals surface area contributed by atoms with Crippen molar-refractivity contribution in [3.8, 4) is 11.5 Å². The van der Waals surface area contributed by atoms with Crippen LogP contribution in [0.15, 0.2) is 23.9 Å². The van der Waals surface area contributed by atoms with Crippen molar-refractivity contribution >= 4 is 11.8 Å². The third kappa shape index (κ3) is 4.46. The van der Waals surface area contributed by atoms with E-state index < -0.39 is 11.8 Å². The Morgan fingerprint density at radius 3 is 2.35 bits per heavy atom. The van der Waals surface area contributed by atoms with Gasteiger partial charge in [-0.05, 0) is 18.6 Å². The van der Waals surface area contributed by atoms with Crippen molar-refractivity contribution < 1.29 is 28.9 Å². The Balaban J connectivity index is 3.30. The molecule has 0 aliphatic carbocycles. The maximum Gasteiger partial charge on any atom is 0.343 e. The Hall–Kier alpha value is -2.54. The number of methoxy groups -OCH3 is 3. The van der Waals surface area contributed by atoms with Crippen LogP contribution in [-0.2, 0) is 9.53 Å². The van der Waals surface area contributed by atoms with Gasteiger partial charge in [-0.15, -0.1) is 0 Å². The molecule has 7 nitrogen and oxygen atoms in total. The number of aryl methyl sites for hydroxylation is 1. The Bertz CT molecular complexity index is 609. The Morgan fingerprint density at radius 1 is 1.17 bits per heavy atom. The van der Waals surface area contributed by atoms with Crippen LogP contribution in [0.5, 0.6) is 11.5 Å². The summed E-state index contributed by atoms with van der Waals surface area (Å²) < 4.78 is 15.0. The van der Waals surface area contributed by atoms with Gasteiger partial charge in [0, 0.05) is 18.8 Å². The highest BCUT2D eigenvalue weighted by molar-refractivity contribution is 6.25. The largest absolute Gasteiger partial charge is 0.496 e. The third-order valence-corrected chi connectivity index (χ3v) is 3.11. The number of ether oxygens (including phenoxy) is 3. The molecule has 0 radical (unpaired) electrons. The molecular weight excluding hydrogens is 302 g/mol. The fourth-order valence-corrected chi connectivity index (χ4v) is 1.95. The van der Waals surface area contributed by atoms with E-state index in [0.29, 0.717) is 5.75 Å². The smallest absolute Gasteiger partial charge is 0.343 e. The van der Waals surface area contributed by atoms with Crippen LogP contribution in [-0.4, -0.2) is 51.3 Å². The summed E-state index contributed by atoms with van der Waals surface area (Å²) in [6.07, 6.45) is 1.23. The zero-order chi connectivity index (χ0) is 17.4. The van der Waals surface area contributed by atoms with Gasteiger partial charge in [0.25, 0.3) is 0 Å². The first-order valence-corrected chi connectivity index (χ1v) is 6.90. The molecule has 0 aliphatic rings. The van der Waals surface area contributed by atoms with Crippen LogP contribution >= 0.6 is 0 Å². The van der Waals surface area contributed by atoms with Gasteiger partial charge in [-0.2, -0.15) is 0 Å². The van der Waals surface area contributed by atoms with E-state index in [0.717, 1.165) is 5.56 Å². The standard InChI is InChI=1S/C16H21NO6/c1-10-7-11(14(22-3)8-13(10)21-2)15(19)12(16(20)23-4)9-17-5-6-18/h7-9,17-18H,5-6H2,1-4H3/b12-9-. The SMILES string of the molecule is COC(=O)/C(=C\NCCO)C(=O)c1cc(C)c(OC)cc1OC. The van der Waals surface area contributed by atoms with Gasteiger partial charge in [0.15, 0.2) is 0 Å². The molecule has 1 rings (SSSR count). The molecule has 7 heteroatoms. The van der Waals surface area contributed by atoms with Crippen LogP contribution in [0.2, 0.25) is 0 Å². The van der Waals surface area contributed by atoms with Gasteiger partial charge in [0.2, 0.25) is 5.78 Å². The van der Waals surface area contributed by atoms with Crippen molar-refractivity contribution in [2.45, 2.75) is 6.92 Å². The van der Waals surface area contributed by atoms with Gasteiger partial charge in [-0.1, -0.05) is 0 Å². The lowest BCUT2D eigenvalue weighted by atomic mass is 10.0.